The molecule has 0 amide bonds. The zero-order chi connectivity index (χ0) is 24.7. The molecule has 10 heteroatoms. The quantitative estimate of drug-likeness (QED) is 0.397. The highest BCUT2D eigenvalue weighted by Crippen LogP contribution is 2.33. The number of benzene rings is 2. The molecule has 35 heavy (non-hydrogen) atoms. The van der Waals surface area contributed by atoms with E-state index in [4.69, 9.17) is 16.3 Å². The molecule has 0 bridgehead atoms. The van der Waals surface area contributed by atoms with Crippen molar-refractivity contribution in [3.05, 3.63) is 86.0 Å². The fraction of sp³-hybridized carbons (Fsp3) is 0.280. The number of hydrogen-bond donors (Lipinski definition) is 0. The Morgan fingerprint density at radius 1 is 1.09 bits per heavy atom. The van der Waals surface area contributed by atoms with E-state index in [1.54, 1.807) is 19.2 Å². The van der Waals surface area contributed by atoms with Gasteiger partial charge in [-0.1, -0.05) is 48.9 Å². The fourth-order valence-electron chi connectivity index (χ4n) is 4.40. The lowest BCUT2D eigenvalue weighted by molar-refractivity contribution is -0.145. The zero-order valence-corrected chi connectivity index (χ0v) is 20.1. The van der Waals surface area contributed by atoms with Crippen LogP contribution in [0, 0.1) is 5.92 Å². The first-order valence-corrected chi connectivity index (χ1v) is 11.6. The number of anilines is 2. The third-order valence-electron chi connectivity index (χ3n) is 6.11. The molecule has 4 aromatic rings. The molecule has 0 aliphatic carbocycles. The number of nitrogens with zero attached hydrogens (tertiary/aromatic N) is 5. The molecule has 1 atom stereocenters. The molecule has 0 fully saturated rings. The number of ether oxygens (including phenoxy) is 1. The molecule has 9 nitrogen and oxygen atoms in total. The third-order valence-corrected chi connectivity index (χ3v) is 6.36. The first kappa shape index (κ1) is 22.9. The third kappa shape index (κ3) is 4.23. The van der Waals surface area contributed by atoms with Gasteiger partial charge in [0.1, 0.15) is 13.2 Å². The van der Waals surface area contributed by atoms with Gasteiger partial charge in [-0.3, -0.25) is 14.2 Å². The minimum Gasteiger partial charge on any atom is -0.459 e. The number of halogens is 1. The number of carbonyl (C=O) groups excluding carboxylic acids is 1. The summed E-state index contributed by atoms with van der Waals surface area (Å²) in [5, 5.41) is 0.622. The summed E-state index contributed by atoms with van der Waals surface area (Å²) in [6, 6.07) is 16.6. The Morgan fingerprint density at radius 3 is 2.51 bits per heavy atom. The zero-order valence-electron chi connectivity index (χ0n) is 19.3. The van der Waals surface area contributed by atoms with Crippen molar-refractivity contribution in [2.24, 2.45) is 13.0 Å². The maximum atomic E-state index is 13.5. The lowest BCUT2D eigenvalue weighted by atomic mass is 10.1. The first-order valence-electron chi connectivity index (χ1n) is 11.3. The van der Waals surface area contributed by atoms with E-state index in [1.807, 2.05) is 51.9 Å². The van der Waals surface area contributed by atoms with E-state index in [2.05, 4.69) is 11.9 Å². The maximum absolute atomic E-state index is 13.5. The lowest BCUT2D eigenvalue weighted by Gasteiger charge is -2.33. The van der Waals surface area contributed by atoms with Crippen molar-refractivity contribution < 1.29 is 9.53 Å². The molecule has 5 rings (SSSR count). The average Bonchev–Trinajstić information content (AvgIpc) is 3.24. The molecule has 3 heterocycles. The van der Waals surface area contributed by atoms with Gasteiger partial charge in [-0.15, -0.1) is 0 Å². The number of carbonyl (C=O) groups is 1. The van der Waals surface area contributed by atoms with Crippen molar-refractivity contribution in [3.8, 4) is 0 Å². The van der Waals surface area contributed by atoms with Gasteiger partial charge in [-0.2, -0.15) is 4.98 Å². The van der Waals surface area contributed by atoms with Crippen molar-refractivity contribution in [1.29, 1.82) is 0 Å². The van der Waals surface area contributed by atoms with Crippen molar-refractivity contribution >= 4 is 40.4 Å². The van der Waals surface area contributed by atoms with Crippen LogP contribution in [0.2, 0.25) is 5.02 Å². The molecule has 0 radical (unpaired) electrons. The minimum atomic E-state index is -0.665. The molecule has 1 aliphatic heterocycles. The van der Waals surface area contributed by atoms with Crippen LogP contribution in [0.5, 0.6) is 0 Å². The summed E-state index contributed by atoms with van der Waals surface area (Å²) in [7, 11) is 1.55. The summed E-state index contributed by atoms with van der Waals surface area (Å²) < 4.78 is 9.34. The number of fused-ring (bicyclic) bond motifs is 3. The molecule has 180 valence electrons. The number of aromatic nitrogens is 4. The largest absolute Gasteiger partial charge is 0.459 e. The predicted molar refractivity (Wildman–Crippen MR) is 133 cm³/mol. The molecular formula is C25H24ClN5O4. The van der Waals surface area contributed by atoms with Crippen molar-refractivity contribution in [2.75, 3.05) is 11.4 Å². The highest BCUT2D eigenvalue weighted by Gasteiger charge is 2.30. The molecule has 1 aliphatic rings. The van der Waals surface area contributed by atoms with E-state index < -0.39 is 23.8 Å². The van der Waals surface area contributed by atoms with Crippen LogP contribution in [0.3, 0.4) is 0 Å². The van der Waals surface area contributed by atoms with Gasteiger partial charge in [0.15, 0.2) is 11.2 Å². The van der Waals surface area contributed by atoms with Gasteiger partial charge in [0.05, 0.1) is 0 Å². The van der Waals surface area contributed by atoms with E-state index in [1.165, 1.54) is 4.57 Å². The number of aryl methyl sites for hydroxylation is 1. The molecule has 0 saturated carbocycles. The van der Waals surface area contributed by atoms with Gasteiger partial charge in [0, 0.05) is 30.8 Å². The smallest absolute Gasteiger partial charge is 0.333 e. The molecule has 0 spiro atoms. The van der Waals surface area contributed by atoms with E-state index in [-0.39, 0.29) is 23.7 Å². The van der Waals surface area contributed by atoms with E-state index in [0.29, 0.717) is 24.1 Å². The van der Waals surface area contributed by atoms with E-state index >= 15 is 0 Å². The minimum absolute atomic E-state index is 0.0621. The lowest BCUT2D eigenvalue weighted by Crippen LogP contribution is -2.42. The van der Waals surface area contributed by atoms with Crippen LogP contribution in [0.4, 0.5) is 11.6 Å². The van der Waals surface area contributed by atoms with Crippen LogP contribution in [-0.4, -0.2) is 31.2 Å². The second-order valence-electron chi connectivity index (χ2n) is 8.77. The van der Waals surface area contributed by atoms with Crippen LogP contribution >= 0.6 is 11.6 Å². The number of rotatable bonds is 5. The van der Waals surface area contributed by atoms with Gasteiger partial charge in [-0.25, -0.2) is 9.36 Å². The second-order valence-corrected chi connectivity index (χ2v) is 9.20. The van der Waals surface area contributed by atoms with Crippen molar-refractivity contribution in [3.63, 3.8) is 0 Å². The first-order chi connectivity index (χ1) is 16.8. The van der Waals surface area contributed by atoms with Gasteiger partial charge >= 0.3 is 11.7 Å². The standard InChI is InChI=1S/C25H24ClN5O4/c1-16-12-29(19-10-8-18(26)9-11-19)24-27-22-21(30(24)13-16)23(33)31(25(34)28(22)2)14-20(32)35-15-17-6-4-3-5-7-17/h3-11,16H,12-15H2,1-2H3/t16-/m1/s1. The monoisotopic (exact) mass is 493 g/mol. The van der Waals surface area contributed by atoms with Gasteiger partial charge in [0.25, 0.3) is 5.56 Å². The highest BCUT2D eigenvalue weighted by molar-refractivity contribution is 6.30. The Hall–Kier alpha value is -3.85. The van der Waals surface area contributed by atoms with E-state index in [0.717, 1.165) is 15.8 Å². The Balaban J connectivity index is 1.54. The van der Waals surface area contributed by atoms with Crippen LogP contribution in [0.15, 0.2) is 64.2 Å². The molecule has 0 N–H and O–H groups in total. The molecule has 2 aromatic carbocycles. The SMILES string of the molecule is C[C@@H]1CN(c2ccc(Cl)cc2)c2nc3c(c(=O)n(CC(=O)OCc4ccccc4)c(=O)n3C)n2C1. The number of hydrogen-bond acceptors (Lipinski definition) is 6. The number of imidazole rings is 1. The second kappa shape index (κ2) is 9.07. The maximum Gasteiger partial charge on any atom is 0.333 e. The van der Waals surface area contributed by atoms with Gasteiger partial charge in [-0.05, 0) is 35.7 Å². The molecular weight excluding hydrogens is 470 g/mol. The van der Waals surface area contributed by atoms with Crippen LogP contribution in [-0.2, 0) is 36.3 Å². The van der Waals surface area contributed by atoms with Crippen molar-refractivity contribution in [1.82, 2.24) is 18.7 Å². The van der Waals surface area contributed by atoms with Crippen LogP contribution in [0.25, 0.3) is 11.2 Å². The Morgan fingerprint density at radius 2 is 1.80 bits per heavy atom. The van der Waals surface area contributed by atoms with Gasteiger partial charge < -0.3 is 14.2 Å². The highest BCUT2D eigenvalue weighted by atomic mass is 35.5. The molecule has 0 saturated heterocycles. The Labute approximate surface area is 205 Å². The summed E-state index contributed by atoms with van der Waals surface area (Å²) in [6.45, 7) is 2.91. The van der Waals surface area contributed by atoms with Crippen LogP contribution in [0.1, 0.15) is 12.5 Å². The molecule has 2 aromatic heterocycles. The summed E-state index contributed by atoms with van der Waals surface area (Å²) in [5.41, 5.74) is 1.06. The van der Waals surface area contributed by atoms with Crippen LogP contribution < -0.4 is 16.1 Å². The topological polar surface area (TPSA) is 91.4 Å². The average molecular weight is 494 g/mol. The Kier molecular flexibility index (Phi) is 5.94. The molecule has 0 unspecified atom stereocenters. The van der Waals surface area contributed by atoms with Crippen molar-refractivity contribution in [2.45, 2.75) is 26.6 Å². The summed E-state index contributed by atoms with van der Waals surface area (Å²) in [6.07, 6.45) is 0. The van der Waals surface area contributed by atoms with E-state index in [9.17, 15) is 14.4 Å². The normalized spacial score (nSPS) is 15.3. The summed E-state index contributed by atoms with van der Waals surface area (Å²) in [4.78, 5) is 45.7. The Bertz CT molecular complexity index is 1520. The fourth-order valence-corrected chi connectivity index (χ4v) is 4.52. The summed E-state index contributed by atoms with van der Waals surface area (Å²) in [5.74, 6) is 0.107. The predicted octanol–water partition coefficient (Wildman–Crippen LogP) is 3.08. The number of esters is 1. The summed E-state index contributed by atoms with van der Waals surface area (Å²) >= 11 is 6.06. The van der Waals surface area contributed by atoms with Gasteiger partial charge in [0.2, 0.25) is 5.95 Å².